The molecule has 5 aromatic rings. The van der Waals surface area contributed by atoms with Crippen LogP contribution in [0.2, 0.25) is 0 Å². The van der Waals surface area contributed by atoms with E-state index >= 15 is 0 Å². The van der Waals surface area contributed by atoms with Crippen molar-refractivity contribution in [1.82, 2.24) is 0 Å². The zero-order chi connectivity index (χ0) is 27.6. The average molecular weight is 673 g/mol. The van der Waals surface area contributed by atoms with Gasteiger partial charge in [0.25, 0.3) is 0 Å². The number of aromatic hydroxyl groups is 2. The van der Waals surface area contributed by atoms with Gasteiger partial charge in [0.2, 0.25) is 0 Å². The molecule has 0 aliphatic heterocycles. The average Bonchev–Trinajstić information content (AvgIpc) is 3.00. The Morgan fingerprint density at radius 1 is 0.537 bits per heavy atom. The first-order chi connectivity index (χ1) is 19.6. The molecule has 0 heterocycles. The molecule has 0 saturated heterocycles. The molecular weight excluding hydrogens is 638 g/mol. The van der Waals surface area contributed by atoms with E-state index in [1.807, 2.05) is 30.4 Å². The second kappa shape index (κ2) is 14.9. The van der Waals surface area contributed by atoms with Gasteiger partial charge in [0.15, 0.2) is 0 Å². The zero-order valence-corrected chi connectivity index (χ0v) is 25.9. The maximum atomic E-state index is 10.3. The van der Waals surface area contributed by atoms with Gasteiger partial charge in [0.05, 0.1) is 12.8 Å². The first-order valence-electron chi connectivity index (χ1n) is 13.6. The molecular formula is C36H34IO3P. The molecule has 2 N–H and O–H groups in total. The smallest absolute Gasteiger partial charge is 0.123 e. The highest BCUT2D eigenvalue weighted by Crippen LogP contribution is 2.55. The van der Waals surface area contributed by atoms with Gasteiger partial charge in [-0.25, -0.2) is 0 Å². The first-order valence-corrected chi connectivity index (χ1v) is 15.6. The van der Waals surface area contributed by atoms with Gasteiger partial charge in [0, 0.05) is 6.07 Å². The summed E-state index contributed by atoms with van der Waals surface area (Å²) in [7, 11) is -1.84. The Labute approximate surface area is 260 Å². The number of hydrogen-bond donors (Lipinski definition) is 2. The van der Waals surface area contributed by atoms with E-state index in [9.17, 15) is 10.2 Å². The standard InChI is InChI=1S/C36H33O3P.HI/c37-31-22-20-29(21-23-31)18-19-30-26-32(38)28-33(27-30)39-24-10-11-25-40(34-12-4-1-5-13-34,35-14-6-2-7-15-35)36-16-8-3-9-17-36;/h1-9,12-23,26-28H,10-11,24-25H2,(H-,37,38);1H/b19-18+;. The van der Waals surface area contributed by atoms with E-state index in [1.54, 1.807) is 24.3 Å². The molecule has 0 spiro atoms. The fourth-order valence-electron chi connectivity index (χ4n) is 5.09. The number of unbranched alkanes of at least 4 members (excludes halogenated alkanes) is 1. The predicted octanol–water partition coefficient (Wildman–Crippen LogP) is 4.43. The molecule has 0 bridgehead atoms. The van der Waals surface area contributed by atoms with E-state index in [4.69, 9.17) is 4.74 Å². The molecule has 0 aliphatic rings. The van der Waals surface area contributed by atoms with Crippen LogP contribution in [0.1, 0.15) is 24.0 Å². The van der Waals surface area contributed by atoms with Gasteiger partial charge in [-0.2, -0.15) is 0 Å². The zero-order valence-electron chi connectivity index (χ0n) is 22.8. The summed E-state index contributed by atoms with van der Waals surface area (Å²) in [6, 6.07) is 45.1. The molecule has 5 rings (SSSR count). The van der Waals surface area contributed by atoms with Crippen molar-refractivity contribution in [3.63, 3.8) is 0 Å². The minimum atomic E-state index is -1.84. The third kappa shape index (κ3) is 7.78. The number of ether oxygens (including phenoxy) is 1. The van der Waals surface area contributed by atoms with Gasteiger partial charge >= 0.3 is 0 Å². The van der Waals surface area contributed by atoms with Gasteiger partial charge < -0.3 is 38.9 Å². The number of rotatable bonds is 11. The molecule has 0 aliphatic carbocycles. The number of phenolic OH excluding ortho intramolecular Hbond substituents is 2. The van der Waals surface area contributed by atoms with Crippen LogP contribution in [0.25, 0.3) is 12.2 Å². The minimum Gasteiger partial charge on any atom is -1.00 e. The maximum Gasteiger partial charge on any atom is 0.123 e. The van der Waals surface area contributed by atoms with Crippen molar-refractivity contribution < 1.29 is 38.9 Å². The second-order valence-corrected chi connectivity index (χ2v) is 13.4. The summed E-state index contributed by atoms with van der Waals surface area (Å²) < 4.78 is 6.11. The highest BCUT2D eigenvalue weighted by atomic mass is 127. The number of phenols is 2. The summed E-state index contributed by atoms with van der Waals surface area (Å²) in [6.07, 6.45) is 6.84. The topological polar surface area (TPSA) is 49.7 Å². The van der Waals surface area contributed by atoms with E-state index in [0.29, 0.717) is 12.4 Å². The van der Waals surface area contributed by atoms with Gasteiger partial charge in [-0.15, -0.1) is 0 Å². The van der Waals surface area contributed by atoms with Crippen LogP contribution in [0.3, 0.4) is 0 Å². The molecule has 3 nitrogen and oxygen atoms in total. The Morgan fingerprint density at radius 2 is 1.05 bits per heavy atom. The van der Waals surface area contributed by atoms with Crippen molar-refractivity contribution in [2.24, 2.45) is 0 Å². The van der Waals surface area contributed by atoms with E-state index < -0.39 is 7.26 Å². The molecule has 0 atom stereocenters. The van der Waals surface area contributed by atoms with E-state index in [-0.39, 0.29) is 35.5 Å². The van der Waals surface area contributed by atoms with Crippen LogP contribution in [-0.2, 0) is 0 Å². The molecule has 0 fully saturated rings. The molecule has 5 heteroatoms. The molecule has 0 amide bonds. The highest BCUT2D eigenvalue weighted by Gasteiger charge is 2.44. The predicted molar refractivity (Wildman–Crippen MR) is 170 cm³/mol. The lowest BCUT2D eigenvalue weighted by molar-refractivity contribution is -0.0000104. The van der Waals surface area contributed by atoms with Crippen molar-refractivity contribution in [3.8, 4) is 17.2 Å². The Balaban J connectivity index is 0.00000387. The molecule has 208 valence electrons. The second-order valence-electron chi connectivity index (χ2n) is 9.78. The van der Waals surface area contributed by atoms with Gasteiger partial charge in [-0.1, -0.05) is 78.9 Å². The van der Waals surface area contributed by atoms with Crippen molar-refractivity contribution in [2.45, 2.75) is 12.8 Å². The Bertz CT molecular complexity index is 1430. The summed E-state index contributed by atoms with van der Waals surface area (Å²) in [5, 5.41) is 23.9. The first kappa shape index (κ1) is 30.4. The van der Waals surface area contributed by atoms with Crippen LogP contribution < -0.4 is 44.6 Å². The normalized spacial score (nSPS) is 11.2. The fraction of sp³-hybridized carbons (Fsp3) is 0.111. The molecule has 0 radical (unpaired) electrons. The molecule has 0 unspecified atom stereocenters. The van der Waals surface area contributed by atoms with E-state index in [0.717, 1.165) is 30.1 Å². The number of halogens is 1. The summed E-state index contributed by atoms with van der Waals surface area (Å²) >= 11 is 0. The van der Waals surface area contributed by atoms with Gasteiger partial charge in [0.1, 0.15) is 40.4 Å². The van der Waals surface area contributed by atoms with Crippen LogP contribution in [-0.4, -0.2) is 23.0 Å². The van der Waals surface area contributed by atoms with Gasteiger partial charge in [-0.05, 0) is 84.6 Å². The summed E-state index contributed by atoms with van der Waals surface area (Å²) in [5.41, 5.74) is 1.82. The summed E-state index contributed by atoms with van der Waals surface area (Å²) in [5.74, 6) is 1.06. The van der Waals surface area contributed by atoms with Crippen LogP contribution in [0, 0.1) is 0 Å². The molecule has 41 heavy (non-hydrogen) atoms. The van der Waals surface area contributed by atoms with Crippen molar-refractivity contribution in [3.05, 3.63) is 145 Å². The lowest BCUT2D eigenvalue weighted by Gasteiger charge is -2.27. The van der Waals surface area contributed by atoms with Crippen LogP contribution >= 0.6 is 7.26 Å². The van der Waals surface area contributed by atoms with E-state index in [2.05, 4.69) is 91.0 Å². The third-order valence-electron chi connectivity index (χ3n) is 7.02. The number of hydrogen-bond acceptors (Lipinski definition) is 3. The lowest BCUT2D eigenvalue weighted by atomic mass is 10.1. The molecule has 0 aromatic heterocycles. The SMILES string of the molecule is Oc1ccc(/C=C/c2cc(O)cc(OCCCC[P+](c3ccccc3)(c3ccccc3)c3ccccc3)c2)cc1.[I-]. The van der Waals surface area contributed by atoms with Crippen LogP contribution in [0.4, 0.5) is 0 Å². The Kier molecular flexibility index (Phi) is 11.0. The van der Waals surface area contributed by atoms with Crippen molar-refractivity contribution in [1.29, 1.82) is 0 Å². The minimum absolute atomic E-state index is 0. The number of benzene rings is 5. The van der Waals surface area contributed by atoms with Crippen molar-refractivity contribution >= 4 is 35.3 Å². The molecule has 0 saturated carbocycles. The Morgan fingerprint density at radius 3 is 1.59 bits per heavy atom. The fourth-order valence-corrected chi connectivity index (χ4v) is 9.50. The van der Waals surface area contributed by atoms with E-state index in [1.165, 1.54) is 15.9 Å². The third-order valence-corrected chi connectivity index (χ3v) is 11.5. The highest BCUT2D eigenvalue weighted by molar-refractivity contribution is 7.95. The van der Waals surface area contributed by atoms with Gasteiger partial charge in [-0.3, -0.25) is 0 Å². The van der Waals surface area contributed by atoms with Crippen molar-refractivity contribution in [2.75, 3.05) is 12.8 Å². The quantitative estimate of drug-likeness (QED) is 0.0947. The van der Waals surface area contributed by atoms with Crippen LogP contribution in [0.15, 0.2) is 133 Å². The summed E-state index contributed by atoms with van der Waals surface area (Å²) in [4.78, 5) is 0. The Hall–Kier alpha value is -3.60. The lowest BCUT2D eigenvalue weighted by Crippen LogP contribution is -3.00. The van der Waals surface area contributed by atoms with Crippen LogP contribution in [0.5, 0.6) is 17.2 Å². The monoisotopic (exact) mass is 672 g/mol. The largest absolute Gasteiger partial charge is 1.00 e. The maximum absolute atomic E-state index is 10.3. The molecule has 5 aromatic carbocycles. The summed E-state index contributed by atoms with van der Waals surface area (Å²) in [6.45, 7) is 0.572.